The highest BCUT2D eigenvalue weighted by atomic mass is 32.2. The zero-order chi connectivity index (χ0) is 26.4. The van der Waals surface area contributed by atoms with Crippen LogP contribution in [-0.4, -0.2) is 14.3 Å². The van der Waals surface area contributed by atoms with E-state index < -0.39 is 10.0 Å². The van der Waals surface area contributed by atoms with E-state index in [4.69, 9.17) is 0 Å². The Morgan fingerprint density at radius 2 is 1.43 bits per heavy atom. The molecule has 1 N–H and O–H groups in total. The Bertz CT molecular complexity index is 1450. The molecule has 0 fully saturated rings. The highest BCUT2D eigenvalue weighted by Crippen LogP contribution is 2.30. The number of aryl methyl sites for hydroxylation is 2. The first-order valence-corrected chi connectivity index (χ1v) is 13.9. The van der Waals surface area contributed by atoms with E-state index >= 15 is 0 Å². The Morgan fingerprint density at radius 1 is 0.811 bits per heavy atom. The maximum Gasteiger partial charge on any atom is 0.264 e. The van der Waals surface area contributed by atoms with Crippen molar-refractivity contribution in [1.82, 2.24) is 5.32 Å². The molecular formula is C31H32N2O3S. The molecule has 1 atom stereocenters. The number of carbonyl (C=O) groups is 1. The van der Waals surface area contributed by atoms with Gasteiger partial charge in [-0.15, -0.1) is 0 Å². The van der Waals surface area contributed by atoms with Crippen LogP contribution < -0.4 is 9.62 Å². The van der Waals surface area contributed by atoms with Crippen LogP contribution in [0.2, 0.25) is 0 Å². The third kappa shape index (κ3) is 6.09. The van der Waals surface area contributed by atoms with E-state index in [9.17, 15) is 13.2 Å². The molecule has 5 nitrogen and oxygen atoms in total. The van der Waals surface area contributed by atoms with Gasteiger partial charge in [0.05, 0.1) is 28.7 Å². The van der Waals surface area contributed by atoms with Crippen molar-refractivity contribution < 1.29 is 13.2 Å². The third-order valence-electron chi connectivity index (χ3n) is 6.43. The average molecular weight is 513 g/mol. The van der Waals surface area contributed by atoms with Gasteiger partial charge in [-0.1, -0.05) is 91.3 Å². The van der Waals surface area contributed by atoms with Gasteiger partial charge in [0.2, 0.25) is 0 Å². The minimum atomic E-state index is -3.96. The van der Waals surface area contributed by atoms with Gasteiger partial charge in [0.25, 0.3) is 15.9 Å². The molecule has 4 rings (SSSR count). The summed E-state index contributed by atoms with van der Waals surface area (Å²) in [4.78, 5) is 13.7. The summed E-state index contributed by atoms with van der Waals surface area (Å²) in [5.41, 5.74) is 4.62. The van der Waals surface area contributed by atoms with Crippen molar-refractivity contribution in [1.29, 1.82) is 0 Å². The lowest BCUT2D eigenvalue weighted by Gasteiger charge is -2.27. The van der Waals surface area contributed by atoms with Crippen molar-refractivity contribution >= 4 is 21.6 Å². The van der Waals surface area contributed by atoms with Crippen molar-refractivity contribution in [3.8, 4) is 0 Å². The topological polar surface area (TPSA) is 66.5 Å². The second kappa shape index (κ2) is 11.4. The minimum absolute atomic E-state index is 0.0926. The zero-order valence-electron chi connectivity index (χ0n) is 21.4. The van der Waals surface area contributed by atoms with Crippen molar-refractivity contribution in [2.24, 2.45) is 0 Å². The van der Waals surface area contributed by atoms with Crippen LogP contribution in [0.15, 0.2) is 108 Å². The first-order valence-electron chi connectivity index (χ1n) is 12.4. The third-order valence-corrected chi connectivity index (χ3v) is 8.20. The van der Waals surface area contributed by atoms with Crippen LogP contribution in [0.3, 0.4) is 0 Å². The molecule has 1 amide bonds. The standard InChI is InChI=1S/C31H32N2O3S/c1-4-25-16-18-27(19-17-25)24(3)32-31(34)29-12-8-9-13-30(29)33(22-26-10-6-5-7-11-26)37(35,36)28-20-14-23(2)15-21-28/h5-21,24H,4,22H2,1-3H3,(H,32,34). The fourth-order valence-electron chi connectivity index (χ4n) is 4.17. The van der Waals surface area contributed by atoms with E-state index in [1.165, 1.54) is 9.87 Å². The second-order valence-corrected chi connectivity index (χ2v) is 11.0. The normalized spacial score (nSPS) is 12.1. The molecule has 0 radical (unpaired) electrons. The van der Waals surface area contributed by atoms with Crippen LogP contribution in [0.5, 0.6) is 0 Å². The summed E-state index contributed by atoms with van der Waals surface area (Å²) >= 11 is 0. The van der Waals surface area contributed by atoms with Gasteiger partial charge in [0.15, 0.2) is 0 Å². The van der Waals surface area contributed by atoms with Gasteiger partial charge in [-0.3, -0.25) is 9.10 Å². The van der Waals surface area contributed by atoms with Crippen LogP contribution in [-0.2, 0) is 23.0 Å². The van der Waals surface area contributed by atoms with E-state index in [1.807, 2.05) is 56.3 Å². The largest absolute Gasteiger partial charge is 0.345 e. The fourth-order valence-corrected chi connectivity index (χ4v) is 5.64. The number of nitrogens with zero attached hydrogens (tertiary/aromatic N) is 1. The predicted molar refractivity (Wildman–Crippen MR) is 149 cm³/mol. The molecule has 0 aliphatic rings. The van der Waals surface area contributed by atoms with Gasteiger partial charge in [-0.05, 0) is 61.2 Å². The SMILES string of the molecule is CCc1ccc(C(C)NC(=O)c2ccccc2N(Cc2ccccc2)S(=O)(=O)c2ccc(C)cc2)cc1. The molecule has 4 aromatic carbocycles. The van der Waals surface area contributed by atoms with E-state index in [0.29, 0.717) is 11.3 Å². The Kier molecular flexibility index (Phi) is 8.09. The van der Waals surface area contributed by atoms with Crippen LogP contribution in [0.25, 0.3) is 0 Å². The number of hydrogen-bond acceptors (Lipinski definition) is 3. The maximum absolute atomic E-state index is 13.9. The first-order chi connectivity index (χ1) is 17.8. The van der Waals surface area contributed by atoms with Gasteiger partial charge in [0.1, 0.15) is 0 Å². The monoisotopic (exact) mass is 512 g/mol. The lowest BCUT2D eigenvalue weighted by Crippen LogP contribution is -2.34. The second-order valence-electron chi connectivity index (χ2n) is 9.12. The average Bonchev–Trinajstić information content (AvgIpc) is 2.92. The summed E-state index contributed by atoms with van der Waals surface area (Å²) in [5.74, 6) is -0.333. The number of anilines is 1. The fraction of sp³-hybridized carbons (Fsp3) is 0.194. The Morgan fingerprint density at radius 3 is 2.08 bits per heavy atom. The van der Waals surface area contributed by atoms with Crippen LogP contribution in [0.4, 0.5) is 5.69 Å². The first kappa shape index (κ1) is 26.2. The van der Waals surface area contributed by atoms with Crippen molar-refractivity contribution in [3.05, 3.63) is 131 Å². The van der Waals surface area contributed by atoms with Gasteiger partial charge >= 0.3 is 0 Å². The van der Waals surface area contributed by atoms with Crippen molar-refractivity contribution in [2.45, 2.75) is 44.7 Å². The van der Waals surface area contributed by atoms with E-state index in [1.54, 1.807) is 48.5 Å². The summed E-state index contributed by atoms with van der Waals surface area (Å²) < 4.78 is 29.2. The number of hydrogen-bond donors (Lipinski definition) is 1. The molecule has 1 unspecified atom stereocenters. The summed E-state index contributed by atoms with van der Waals surface area (Å²) in [5, 5.41) is 3.05. The highest BCUT2D eigenvalue weighted by molar-refractivity contribution is 7.92. The molecule has 4 aromatic rings. The maximum atomic E-state index is 13.9. The smallest absolute Gasteiger partial charge is 0.264 e. The molecule has 0 heterocycles. The number of para-hydroxylation sites is 1. The summed E-state index contributed by atoms with van der Waals surface area (Å²) in [6.45, 7) is 6.03. The molecule has 0 aliphatic carbocycles. The summed E-state index contributed by atoms with van der Waals surface area (Å²) in [7, 11) is -3.96. The van der Waals surface area contributed by atoms with Crippen LogP contribution >= 0.6 is 0 Å². The molecular weight excluding hydrogens is 480 g/mol. The molecule has 6 heteroatoms. The molecule has 0 saturated carbocycles. The molecule has 0 aromatic heterocycles. The van der Waals surface area contributed by atoms with Crippen LogP contribution in [0.1, 0.15) is 52.5 Å². The number of carbonyl (C=O) groups excluding carboxylic acids is 1. The lowest BCUT2D eigenvalue weighted by molar-refractivity contribution is 0.0940. The summed E-state index contributed by atoms with van der Waals surface area (Å²) in [6, 6.07) is 30.9. The number of amides is 1. The van der Waals surface area contributed by atoms with Gasteiger partial charge in [-0.25, -0.2) is 8.42 Å². The van der Waals surface area contributed by atoms with E-state index in [2.05, 4.69) is 24.4 Å². The van der Waals surface area contributed by atoms with Gasteiger partial charge in [0, 0.05) is 0 Å². The molecule has 0 aliphatic heterocycles. The highest BCUT2D eigenvalue weighted by Gasteiger charge is 2.29. The van der Waals surface area contributed by atoms with E-state index in [-0.39, 0.29) is 23.4 Å². The molecule has 37 heavy (non-hydrogen) atoms. The Labute approximate surface area is 219 Å². The lowest BCUT2D eigenvalue weighted by atomic mass is 10.0. The number of sulfonamides is 1. The number of benzene rings is 4. The van der Waals surface area contributed by atoms with Crippen LogP contribution in [0, 0.1) is 6.92 Å². The van der Waals surface area contributed by atoms with Crippen molar-refractivity contribution in [2.75, 3.05) is 4.31 Å². The van der Waals surface area contributed by atoms with Gasteiger partial charge < -0.3 is 5.32 Å². The minimum Gasteiger partial charge on any atom is -0.345 e. The molecule has 0 spiro atoms. The molecule has 0 saturated heterocycles. The van der Waals surface area contributed by atoms with Gasteiger partial charge in [-0.2, -0.15) is 0 Å². The zero-order valence-corrected chi connectivity index (χ0v) is 22.2. The Hall–Kier alpha value is -3.90. The molecule has 190 valence electrons. The quantitative estimate of drug-likeness (QED) is 0.280. The Balaban J connectivity index is 1.71. The molecule has 0 bridgehead atoms. The predicted octanol–water partition coefficient (Wildman–Crippen LogP) is 6.44. The summed E-state index contributed by atoms with van der Waals surface area (Å²) in [6.07, 6.45) is 0.946. The number of rotatable bonds is 9. The van der Waals surface area contributed by atoms with E-state index in [0.717, 1.165) is 23.1 Å². The van der Waals surface area contributed by atoms with Crippen molar-refractivity contribution in [3.63, 3.8) is 0 Å². The number of nitrogens with one attached hydrogen (secondary N) is 1.